The van der Waals surface area contributed by atoms with Gasteiger partial charge in [0.2, 0.25) is 0 Å². The highest BCUT2D eigenvalue weighted by Crippen LogP contribution is 2.43. The minimum absolute atomic E-state index is 0.0956. The van der Waals surface area contributed by atoms with E-state index in [1.807, 2.05) is 4.57 Å². The molecule has 3 rings (SSSR count). The Balaban J connectivity index is 2.13. The Bertz CT molecular complexity index is 674. The van der Waals surface area contributed by atoms with Crippen molar-refractivity contribution < 1.29 is 4.39 Å². The third-order valence-corrected chi connectivity index (χ3v) is 4.03. The van der Waals surface area contributed by atoms with E-state index in [1.165, 1.54) is 6.07 Å². The van der Waals surface area contributed by atoms with E-state index in [2.05, 4.69) is 18.8 Å². The monoisotopic (exact) mass is 307 g/mol. The molecular weight excluding hydrogens is 289 g/mol. The Hall–Kier alpha value is -1.55. The number of anilines is 1. The summed E-state index contributed by atoms with van der Waals surface area (Å²) < 4.78 is 16.3. The van der Waals surface area contributed by atoms with E-state index < -0.39 is 5.82 Å². The maximum absolute atomic E-state index is 14.3. The van der Waals surface area contributed by atoms with Gasteiger partial charge in [0, 0.05) is 18.0 Å². The van der Waals surface area contributed by atoms with Crippen LogP contribution in [0.2, 0.25) is 5.02 Å². The quantitative estimate of drug-likeness (QED) is 0.906. The standard InChI is InChI=1S/C16H19ClFN3/c1-9(2)8-21-15(19)14(20-16(21)10-6-7-10)11-4-3-5-12(17)13(11)18/h3-5,9-10H,6-8,19H2,1-2H3. The fraction of sp³-hybridized carbons (Fsp3) is 0.438. The van der Waals surface area contributed by atoms with E-state index >= 15 is 0 Å². The average molecular weight is 308 g/mol. The van der Waals surface area contributed by atoms with Crippen LogP contribution >= 0.6 is 11.6 Å². The molecule has 2 aromatic rings. The van der Waals surface area contributed by atoms with Gasteiger partial charge in [-0.25, -0.2) is 9.37 Å². The normalized spacial score (nSPS) is 14.9. The summed E-state index contributed by atoms with van der Waals surface area (Å²) in [6, 6.07) is 4.93. The third kappa shape index (κ3) is 2.64. The zero-order valence-electron chi connectivity index (χ0n) is 12.2. The van der Waals surface area contributed by atoms with E-state index in [9.17, 15) is 4.39 Å². The van der Waals surface area contributed by atoms with Crippen LogP contribution in [-0.4, -0.2) is 9.55 Å². The minimum Gasteiger partial charge on any atom is -0.383 e. The molecule has 1 aliphatic carbocycles. The first-order chi connectivity index (χ1) is 9.99. The number of imidazole rings is 1. The zero-order valence-corrected chi connectivity index (χ0v) is 13.0. The van der Waals surface area contributed by atoms with Gasteiger partial charge in [-0.1, -0.05) is 31.5 Å². The molecule has 2 N–H and O–H groups in total. The summed E-state index contributed by atoms with van der Waals surface area (Å²) in [5, 5.41) is 0.0956. The molecule has 0 saturated heterocycles. The van der Waals surface area contributed by atoms with Crippen molar-refractivity contribution in [3.05, 3.63) is 34.9 Å². The van der Waals surface area contributed by atoms with Gasteiger partial charge in [-0.05, 0) is 30.9 Å². The van der Waals surface area contributed by atoms with Crippen LogP contribution in [0, 0.1) is 11.7 Å². The van der Waals surface area contributed by atoms with Gasteiger partial charge in [0.15, 0.2) is 5.82 Å². The Kier molecular flexibility index (Phi) is 3.66. The molecule has 1 heterocycles. The maximum Gasteiger partial charge on any atom is 0.151 e. The summed E-state index contributed by atoms with van der Waals surface area (Å²) in [5.41, 5.74) is 7.15. The number of hydrogen-bond donors (Lipinski definition) is 1. The molecule has 0 amide bonds. The summed E-state index contributed by atoms with van der Waals surface area (Å²) in [6.07, 6.45) is 2.26. The second kappa shape index (κ2) is 5.34. The lowest BCUT2D eigenvalue weighted by atomic mass is 10.1. The second-order valence-electron chi connectivity index (χ2n) is 6.08. The molecule has 3 nitrogen and oxygen atoms in total. The number of nitrogens with zero attached hydrogens (tertiary/aromatic N) is 2. The number of halogens is 2. The molecule has 1 saturated carbocycles. The molecular formula is C16H19ClFN3. The molecule has 1 aromatic carbocycles. The largest absolute Gasteiger partial charge is 0.383 e. The average Bonchev–Trinajstić information content (AvgIpc) is 3.21. The van der Waals surface area contributed by atoms with Crippen molar-refractivity contribution in [2.45, 2.75) is 39.2 Å². The van der Waals surface area contributed by atoms with Crippen molar-refractivity contribution in [2.24, 2.45) is 5.92 Å². The number of rotatable bonds is 4. The minimum atomic E-state index is -0.456. The van der Waals surface area contributed by atoms with Crippen LogP contribution in [0.1, 0.15) is 38.4 Å². The number of aromatic nitrogens is 2. The van der Waals surface area contributed by atoms with E-state index in [0.717, 1.165) is 25.2 Å². The van der Waals surface area contributed by atoms with Crippen molar-refractivity contribution in [2.75, 3.05) is 5.73 Å². The fourth-order valence-electron chi connectivity index (χ4n) is 2.58. The molecule has 5 heteroatoms. The van der Waals surface area contributed by atoms with Crippen molar-refractivity contribution in [3.63, 3.8) is 0 Å². The van der Waals surface area contributed by atoms with Gasteiger partial charge >= 0.3 is 0 Å². The smallest absolute Gasteiger partial charge is 0.151 e. The van der Waals surface area contributed by atoms with Gasteiger partial charge in [-0.2, -0.15) is 0 Å². The van der Waals surface area contributed by atoms with Gasteiger partial charge in [-0.15, -0.1) is 0 Å². The van der Waals surface area contributed by atoms with Gasteiger partial charge in [0.05, 0.1) is 5.02 Å². The first kappa shape index (κ1) is 14.4. The number of benzene rings is 1. The number of nitrogens with two attached hydrogens (primary N) is 1. The molecule has 0 spiro atoms. The summed E-state index contributed by atoms with van der Waals surface area (Å²) in [4.78, 5) is 4.64. The number of hydrogen-bond acceptors (Lipinski definition) is 2. The highest BCUT2D eigenvalue weighted by Gasteiger charge is 2.31. The first-order valence-electron chi connectivity index (χ1n) is 7.29. The second-order valence-corrected chi connectivity index (χ2v) is 6.49. The first-order valence-corrected chi connectivity index (χ1v) is 7.67. The summed E-state index contributed by atoms with van der Waals surface area (Å²) in [6.45, 7) is 5.07. The van der Waals surface area contributed by atoms with Crippen molar-refractivity contribution >= 4 is 17.4 Å². The molecule has 1 fully saturated rings. The van der Waals surface area contributed by atoms with E-state index in [4.69, 9.17) is 17.3 Å². The van der Waals surface area contributed by atoms with Crippen LogP contribution in [0.4, 0.5) is 10.2 Å². The molecule has 21 heavy (non-hydrogen) atoms. The van der Waals surface area contributed by atoms with E-state index in [-0.39, 0.29) is 5.02 Å². The molecule has 1 aliphatic rings. The van der Waals surface area contributed by atoms with Crippen LogP contribution in [0.15, 0.2) is 18.2 Å². The van der Waals surface area contributed by atoms with Crippen molar-refractivity contribution in [3.8, 4) is 11.3 Å². The SMILES string of the molecule is CC(C)Cn1c(C2CC2)nc(-c2cccc(Cl)c2F)c1N. The molecule has 112 valence electrons. The topological polar surface area (TPSA) is 43.8 Å². The van der Waals surface area contributed by atoms with Crippen molar-refractivity contribution in [1.82, 2.24) is 9.55 Å². The fourth-order valence-corrected chi connectivity index (χ4v) is 2.75. The Morgan fingerprint density at radius 1 is 1.43 bits per heavy atom. The number of nitrogen functional groups attached to an aromatic ring is 1. The highest BCUT2D eigenvalue weighted by molar-refractivity contribution is 6.31. The van der Waals surface area contributed by atoms with Gasteiger partial charge < -0.3 is 10.3 Å². The van der Waals surface area contributed by atoms with Gasteiger partial charge in [0.25, 0.3) is 0 Å². The maximum atomic E-state index is 14.3. The Morgan fingerprint density at radius 3 is 2.76 bits per heavy atom. The lowest BCUT2D eigenvalue weighted by Crippen LogP contribution is -2.11. The zero-order chi connectivity index (χ0) is 15.1. The van der Waals surface area contributed by atoms with Crippen LogP contribution in [0.5, 0.6) is 0 Å². The Morgan fingerprint density at radius 2 is 2.14 bits per heavy atom. The van der Waals surface area contributed by atoms with E-state index in [1.54, 1.807) is 12.1 Å². The molecule has 0 unspecified atom stereocenters. The van der Waals surface area contributed by atoms with Gasteiger partial charge in [0.1, 0.15) is 17.3 Å². The predicted molar refractivity (Wildman–Crippen MR) is 83.9 cm³/mol. The van der Waals surface area contributed by atoms with Crippen molar-refractivity contribution in [1.29, 1.82) is 0 Å². The van der Waals surface area contributed by atoms with Gasteiger partial charge in [-0.3, -0.25) is 0 Å². The molecule has 0 radical (unpaired) electrons. The van der Waals surface area contributed by atoms with Crippen LogP contribution < -0.4 is 5.73 Å². The predicted octanol–water partition coefficient (Wildman–Crippen LogP) is 4.46. The van der Waals surface area contributed by atoms with Crippen LogP contribution in [0.3, 0.4) is 0 Å². The third-order valence-electron chi connectivity index (χ3n) is 3.73. The molecule has 0 aliphatic heterocycles. The summed E-state index contributed by atoms with van der Waals surface area (Å²) >= 11 is 5.87. The van der Waals surface area contributed by atoms with E-state index in [0.29, 0.717) is 28.9 Å². The van der Waals surface area contributed by atoms with Crippen LogP contribution in [-0.2, 0) is 6.54 Å². The summed E-state index contributed by atoms with van der Waals surface area (Å²) in [7, 11) is 0. The lowest BCUT2D eigenvalue weighted by Gasteiger charge is -2.12. The molecule has 0 atom stereocenters. The molecule has 0 bridgehead atoms. The van der Waals surface area contributed by atoms with Crippen LogP contribution in [0.25, 0.3) is 11.3 Å². The summed E-state index contributed by atoms with van der Waals surface area (Å²) in [5.74, 6) is 1.97. The highest BCUT2D eigenvalue weighted by atomic mass is 35.5. The molecule has 1 aromatic heterocycles. The Labute approximate surface area is 128 Å². The lowest BCUT2D eigenvalue weighted by molar-refractivity contribution is 0.512.